The van der Waals surface area contributed by atoms with E-state index in [9.17, 15) is 15.3 Å². The summed E-state index contributed by atoms with van der Waals surface area (Å²) in [6.07, 6.45) is -0.446. The molecule has 0 fully saturated rings. The second-order valence-corrected chi connectivity index (χ2v) is 13.7. The highest BCUT2D eigenvalue weighted by Gasteiger charge is 2.26. The molecule has 0 aliphatic rings. The fraction of sp³-hybridized carbons (Fsp3) is 0.0303. The first kappa shape index (κ1) is 27.7. The Bertz CT molecular complexity index is 2850. The number of nitrogens with zero attached hydrogens (tertiary/aromatic N) is 8. The molecule has 0 aliphatic carbocycles. The Morgan fingerprint density at radius 3 is 2.30 bits per heavy atom. The molecule has 0 saturated heterocycles. The quantitative estimate of drug-likeness (QED) is 0.167. The zero-order valence-electron chi connectivity index (χ0n) is 23.7. The molecule has 0 radical (unpaired) electrons. The van der Waals surface area contributed by atoms with E-state index in [0.717, 1.165) is 80.8 Å². The van der Waals surface area contributed by atoms with Gasteiger partial charge < -0.3 is 4.74 Å². The van der Waals surface area contributed by atoms with E-state index < -0.39 is 6.09 Å². The number of carbonyl (C=O) groups excluding carboxylic acids is 1. The summed E-state index contributed by atoms with van der Waals surface area (Å²) in [4.78, 5) is 19.0. The van der Waals surface area contributed by atoms with Crippen LogP contribution in [0.5, 0.6) is 0 Å². The highest BCUT2D eigenvalue weighted by Crippen LogP contribution is 2.48. The SMILES string of the molecule is N#CC(C#N)=Nc1cc2c(cc(-c3cc4c(s3)c3sc5ccccc5c3n4C(=O)OCc3ccccc3)c3nsnc32)c2nsnc12. The third kappa shape index (κ3) is 4.24. The zero-order chi connectivity index (χ0) is 31.6. The molecule has 9 rings (SSSR count). The zero-order valence-corrected chi connectivity index (χ0v) is 26.9. The molecule has 0 saturated carbocycles. The van der Waals surface area contributed by atoms with Crippen molar-refractivity contribution in [1.29, 1.82) is 10.5 Å². The van der Waals surface area contributed by atoms with Crippen molar-refractivity contribution < 1.29 is 9.53 Å². The van der Waals surface area contributed by atoms with Crippen molar-refractivity contribution >= 4 is 127 Å². The number of hydrogen-bond donors (Lipinski definition) is 0. The Kier molecular flexibility index (Phi) is 6.31. The van der Waals surface area contributed by atoms with Gasteiger partial charge >= 0.3 is 6.09 Å². The molecule has 9 aromatic rings. The van der Waals surface area contributed by atoms with Crippen LogP contribution in [0.15, 0.2) is 77.8 Å². The Morgan fingerprint density at radius 1 is 0.787 bits per heavy atom. The van der Waals surface area contributed by atoms with E-state index in [1.165, 1.54) is 0 Å². The van der Waals surface area contributed by atoms with Crippen LogP contribution in [0.4, 0.5) is 10.5 Å². The van der Waals surface area contributed by atoms with Crippen molar-refractivity contribution in [3.63, 3.8) is 0 Å². The predicted octanol–water partition coefficient (Wildman–Crippen LogP) is 9.20. The van der Waals surface area contributed by atoms with E-state index in [0.29, 0.717) is 27.8 Å². The third-order valence-corrected chi connectivity index (χ3v) is 11.4. The lowest BCUT2D eigenvalue weighted by Crippen LogP contribution is -2.13. The van der Waals surface area contributed by atoms with Crippen LogP contribution in [-0.4, -0.2) is 33.9 Å². The van der Waals surface area contributed by atoms with Gasteiger partial charge in [0, 0.05) is 31.3 Å². The molecule has 0 unspecified atom stereocenters. The van der Waals surface area contributed by atoms with Crippen LogP contribution >= 0.6 is 46.1 Å². The van der Waals surface area contributed by atoms with Crippen molar-refractivity contribution in [1.82, 2.24) is 22.1 Å². The van der Waals surface area contributed by atoms with Crippen molar-refractivity contribution in [2.75, 3.05) is 0 Å². The van der Waals surface area contributed by atoms with Crippen LogP contribution < -0.4 is 0 Å². The molecule has 0 amide bonds. The maximum absolute atomic E-state index is 13.9. The molecule has 14 heteroatoms. The number of ether oxygens (including phenoxy) is 1. The predicted molar refractivity (Wildman–Crippen MR) is 188 cm³/mol. The van der Waals surface area contributed by atoms with Crippen LogP contribution in [0.3, 0.4) is 0 Å². The number of fused-ring (bicyclic) bond motifs is 10. The highest BCUT2D eigenvalue weighted by molar-refractivity contribution is 7.32. The number of carbonyl (C=O) groups is 1. The molecular weight excluding hydrogens is 669 g/mol. The molecule has 222 valence electrons. The maximum Gasteiger partial charge on any atom is 0.419 e. The van der Waals surface area contributed by atoms with Gasteiger partial charge in [-0.1, -0.05) is 48.5 Å². The normalized spacial score (nSPS) is 11.5. The van der Waals surface area contributed by atoms with Crippen LogP contribution in [0.25, 0.3) is 73.8 Å². The van der Waals surface area contributed by atoms with E-state index in [1.54, 1.807) is 33.3 Å². The molecule has 5 aromatic heterocycles. The smallest absolute Gasteiger partial charge is 0.419 e. The fourth-order valence-corrected chi connectivity index (χ4v) is 9.48. The fourth-order valence-electron chi connectivity index (χ4n) is 5.85. The number of thiophene rings is 2. The summed E-state index contributed by atoms with van der Waals surface area (Å²) >= 11 is 5.37. The lowest BCUT2D eigenvalue weighted by atomic mass is 10.0. The number of aromatic nitrogens is 5. The summed E-state index contributed by atoms with van der Waals surface area (Å²) < 4.78 is 29.0. The second kappa shape index (κ2) is 10.7. The van der Waals surface area contributed by atoms with Gasteiger partial charge in [-0.2, -0.15) is 28.0 Å². The van der Waals surface area contributed by atoms with E-state index in [2.05, 4.69) is 28.6 Å². The number of nitriles is 2. The Morgan fingerprint density at radius 2 is 1.49 bits per heavy atom. The van der Waals surface area contributed by atoms with Gasteiger partial charge in [-0.25, -0.2) is 14.4 Å². The minimum atomic E-state index is -0.446. The van der Waals surface area contributed by atoms with Crippen LogP contribution in [0.1, 0.15) is 5.56 Å². The topological polar surface area (TPSA) is 143 Å². The van der Waals surface area contributed by atoms with Crippen molar-refractivity contribution in [3.05, 3.63) is 78.4 Å². The number of benzene rings is 4. The van der Waals surface area contributed by atoms with Gasteiger partial charge in [-0.05, 0) is 29.8 Å². The van der Waals surface area contributed by atoms with Crippen molar-refractivity contribution in [2.24, 2.45) is 4.99 Å². The van der Waals surface area contributed by atoms with Gasteiger partial charge in [0.2, 0.25) is 5.71 Å². The average molecular weight is 683 g/mol. The van der Waals surface area contributed by atoms with Crippen molar-refractivity contribution in [2.45, 2.75) is 6.61 Å². The lowest BCUT2D eigenvalue weighted by molar-refractivity contribution is 0.143. The lowest BCUT2D eigenvalue weighted by Gasteiger charge is -2.08. The molecule has 4 aromatic carbocycles. The molecule has 47 heavy (non-hydrogen) atoms. The van der Waals surface area contributed by atoms with Gasteiger partial charge in [-0.15, -0.1) is 22.7 Å². The molecule has 0 aliphatic heterocycles. The molecule has 0 spiro atoms. The van der Waals surface area contributed by atoms with Gasteiger partial charge in [0.15, 0.2) is 0 Å². The average Bonchev–Trinajstić information content (AvgIpc) is 3.93. The summed E-state index contributed by atoms with van der Waals surface area (Å²) in [6.45, 7) is 0.156. The summed E-state index contributed by atoms with van der Waals surface area (Å²) in [6, 6.07) is 27.2. The third-order valence-electron chi connectivity index (χ3n) is 7.89. The standard InChI is InChI=1S/C33H14N8O2S4/c34-13-17(14-35)36-22-11-20-19(27-29(22)40-47-38-27)10-21(28-26(20)37-46-39-28)25-12-23-31(45-25)32-30(18-8-4-5-9-24(18)44-32)41(23)33(42)43-15-16-6-2-1-3-7-16/h1-12H,15H2. The maximum atomic E-state index is 13.9. The minimum Gasteiger partial charge on any atom is -0.444 e. The Balaban J connectivity index is 1.27. The largest absolute Gasteiger partial charge is 0.444 e. The minimum absolute atomic E-state index is 0.156. The van der Waals surface area contributed by atoms with E-state index in [4.69, 9.17) is 4.74 Å². The number of hydrogen-bond acceptors (Lipinski definition) is 13. The monoisotopic (exact) mass is 682 g/mol. The summed E-state index contributed by atoms with van der Waals surface area (Å²) in [5.41, 5.74) is 5.89. The number of rotatable bonds is 4. The summed E-state index contributed by atoms with van der Waals surface area (Å²) in [5.74, 6) is 0. The summed E-state index contributed by atoms with van der Waals surface area (Å²) in [5, 5.41) is 21.2. The molecule has 10 nitrogen and oxygen atoms in total. The first-order chi connectivity index (χ1) is 23.1. The first-order valence-electron chi connectivity index (χ1n) is 14.0. The summed E-state index contributed by atoms with van der Waals surface area (Å²) in [7, 11) is 0. The van der Waals surface area contributed by atoms with E-state index >= 15 is 0 Å². The van der Waals surface area contributed by atoms with Gasteiger partial charge in [0.05, 0.1) is 49.6 Å². The van der Waals surface area contributed by atoms with E-state index in [1.807, 2.05) is 72.8 Å². The highest BCUT2D eigenvalue weighted by atomic mass is 32.1. The van der Waals surface area contributed by atoms with Crippen LogP contribution in [0, 0.1) is 22.7 Å². The molecule has 0 atom stereocenters. The Labute approximate surface area is 280 Å². The molecular formula is C33H14N8O2S4. The molecule has 0 bridgehead atoms. The van der Waals surface area contributed by atoms with Gasteiger partial charge in [0.1, 0.15) is 40.8 Å². The number of aliphatic imine (C=N–C) groups is 1. The van der Waals surface area contributed by atoms with Crippen molar-refractivity contribution in [3.8, 4) is 22.6 Å². The van der Waals surface area contributed by atoms with Crippen LogP contribution in [-0.2, 0) is 11.3 Å². The van der Waals surface area contributed by atoms with Gasteiger partial charge in [0.25, 0.3) is 0 Å². The van der Waals surface area contributed by atoms with Crippen LogP contribution in [0.2, 0.25) is 0 Å². The molecule has 5 heterocycles. The second-order valence-electron chi connectivity index (χ2n) is 10.5. The first-order valence-corrected chi connectivity index (χ1v) is 17.1. The molecule has 0 N–H and O–H groups in total. The Hall–Kier alpha value is -5.64. The van der Waals surface area contributed by atoms with E-state index in [-0.39, 0.29) is 12.3 Å². The van der Waals surface area contributed by atoms with Gasteiger partial charge in [-0.3, -0.25) is 0 Å².